The third-order valence-corrected chi connectivity index (χ3v) is 8.25. The number of imide groups is 1. The predicted octanol–water partition coefficient (Wildman–Crippen LogP) is 3.30. The zero-order chi connectivity index (χ0) is 31.6. The fourth-order valence-corrected chi connectivity index (χ4v) is 5.76. The number of aromatic nitrogens is 1. The van der Waals surface area contributed by atoms with Gasteiger partial charge in [-0.2, -0.15) is 0 Å². The number of nitrogens with zero attached hydrogens (tertiary/aromatic N) is 4. The maximum atomic E-state index is 14.2. The van der Waals surface area contributed by atoms with Gasteiger partial charge in [0.05, 0.1) is 19.1 Å². The summed E-state index contributed by atoms with van der Waals surface area (Å²) in [6, 6.07) is 9.17. The number of carbonyl (C=O) groups is 5. The highest BCUT2D eigenvalue weighted by atomic mass is 16.5. The summed E-state index contributed by atoms with van der Waals surface area (Å²) in [5.41, 5.74) is -0.870. The van der Waals surface area contributed by atoms with E-state index in [0.29, 0.717) is 41.1 Å². The molecule has 5 heterocycles. The lowest BCUT2D eigenvalue weighted by Crippen LogP contribution is -2.52. The fourth-order valence-electron chi connectivity index (χ4n) is 5.76. The molecule has 6 rings (SSSR count). The quantitative estimate of drug-likeness (QED) is 0.317. The standard InChI is InChI=1S/C31H33N5O8/c1-17-6-11-25(37)36(17)24-10-9-22-21(32-24)13-23(44-22)31(15-34-14-18-7-8-19(42-5)12-20(18)26(34)38)27(39)35(29(41)33-31)16-43-28(40)30(2,3)4/h7-10,12-13,17H,6,11,14-16H2,1-5H3,(H,33,41)/t17?,31-/m0/s1. The van der Waals surface area contributed by atoms with Gasteiger partial charge in [-0.3, -0.25) is 24.1 Å². The van der Waals surface area contributed by atoms with Crippen LogP contribution < -0.4 is 15.0 Å². The lowest BCUT2D eigenvalue weighted by Gasteiger charge is -2.29. The maximum Gasteiger partial charge on any atom is 0.328 e. The molecule has 0 saturated carbocycles. The van der Waals surface area contributed by atoms with Crippen molar-refractivity contribution in [2.45, 2.75) is 58.7 Å². The number of rotatable bonds is 7. The number of methoxy groups -OCH3 is 1. The second kappa shape index (κ2) is 10.4. The SMILES string of the molecule is COc1ccc2c(c1)C(=O)N(C[C@@]1(c3cc4nc(N5C(=O)CCC5C)ccc4o3)NC(=O)N(COC(=O)C(C)(C)C)C1=O)C2. The van der Waals surface area contributed by atoms with Gasteiger partial charge >= 0.3 is 12.0 Å². The van der Waals surface area contributed by atoms with Crippen molar-refractivity contribution in [1.82, 2.24) is 20.1 Å². The Balaban J connectivity index is 1.38. The summed E-state index contributed by atoms with van der Waals surface area (Å²) >= 11 is 0. The third-order valence-electron chi connectivity index (χ3n) is 8.25. The highest BCUT2D eigenvalue weighted by molar-refractivity contribution is 6.08. The number of ether oxygens (including phenoxy) is 2. The number of hydrogen-bond acceptors (Lipinski definition) is 9. The number of urea groups is 1. The minimum atomic E-state index is -1.86. The molecule has 2 atom stereocenters. The Hall–Kier alpha value is -4.94. The van der Waals surface area contributed by atoms with Crippen LogP contribution in [0.2, 0.25) is 0 Å². The van der Waals surface area contributed by atoms with Crippen molar-refractivity contribution in [3.05, 3.63) is 53.3 Å². The molecule has 2 fully saturated rings. The van der Waals surface area contributed by atoms with Crippen molar-refractivity contribution >= 4 is 46.6 Å². The molecule has 3 aliphatic heterocycles. The number of carbonyl (C=O) groups excluding carboxylic acids is 5. The number of benzene rings is 1. The first-order chi connectivity index (χ1) is 20.8. The van der Waals surface area contributed by atoms with Crippen LogP contribution in [0.25, 0.3) is 11.1 Å². The number of fused-ring (bicyclic) bond motifs is 2. The summed E-state index contributed by atoms with van der Waals surface area (Å²) in [4.78, 5) is 74.5. The highest BCUT2D eigenvalue weighted by Gasteiger charge is 2.57. The molecule has 1 unspecified atom stereocenters. The molecule has 13 heteroatoms. The maximum absolute atomic E-state index is 14.2. The predicted molar refractivity (Wildman–Crippen MR) is 155 cm³/mol. The minimum Gasteiger partial charge on any atom is -0.497 e. The minimum absolute atomic E-state index is 0.0216. The first kappa shape index (κ1) is 29.1. The number of anilines is 1. The molecule has 0 bridgehead atoms. The Kier molecular flexibility index (Phi) is 6.86. The second-order valence-electron chi connectivity index (χ2n) is 12.4. The summed E-state index contributed by atoms with van der Waals surface area (Å²) in [7, 11) is 1.50. The van der Waals surface area contributed by atoms with Crippen LogP contribution in [0.15, 0.2) is 40.8 Å². The van der Waals surface area contributed by atoms with Crippen LogP contribution in [0.1, 0.15) is 62.2 Å². The van der Waals surface area contributed by atoms with E-state index in [1.54, 1.807) is 56.0 Å². The molecule has 2 aromatic heterocycles. The van der Waals surface area contributed by atoms with Gasteiger partial charge in [-0.1, -0.05) is 6.07 Å². The Morgan fingerprint density at radius 2 is 1.91 bits per heavy atom. The molecule has 44 heavy (non-hydrogen) atoms. The van der Waals surface area contributed by atoms with Crippen LogP contribution in [0.5, 0.6) is 5.75 Å². The van der Waals surface area contributed by atoms with E-state index in [-0.39, 0.29) is 36.7 Å². The topological polar surface area (TPSA) is 152 Å². The summed E-state index contributed by atoms with van der Waals surface area (Å²) in [5.74, 6) is -0.736. The average Bonchev–Trinajstić information content (AvgIpc) is 3.70. The molecular formula is C31H33N5O8. The van der Waals surface area contributed by atoms with Gasteiger partial charge in [-0.15, -0.1) is 0 Å². The van der Waals surface area contributed by atoms with Gasteiger partial charge in [-0.25, -0.2) is 14.7 Å². The van der Waals surface area contributed by atoms with E-state index in [4.69, 9.17) is 13.9 Å². The molecule has 0 radical (unpaired) electrons. The van der Waals surface area contributed by atoms with Gasteiger partial charge in [0.25, 0.3) is 11.8 Å². The molecule has 1 N–H and O–H groups in total. The van der Waals surface area contributed by atoms with Gasteiger partial charge in [-0.05, 0) is 63.9 Å². The van der Waals surface area contributed by atoms with Crippen molar-refractivity contribution in [2.75, 3.05) is 25.3 Å². The molecule has 2 saturated heterocycles. The molecule has 0 spiro atoms. The number of furan rings is 1. The van der Waals surface area contributed by atoms with Crippen molar-refractivity contribution in [3.63, 3.8) is 0 Å². The molecular weight excluding hydrogens is 570 g/mol. The first-order valence-corrected chi connectivity index (χ1v) is 14.3. The van der Waals surface area contributed by atoms with Crippen molar-refractivity contribution < 1.29 is 37.9 Å². The van der Waals surface area contributed by atoms with Crippen LogP contribution in [0, 0.1) is 5.41 Å². The zero-order valence-electron chi connectivity index (χ0n) is 25.1. The monoisotopic (exact) mass is 603 g/mol. The second-order valence-corrected chi connectivity index (χ2v) is 12.4. The molecule has 0 aliphatic carbocycles. The van der Waals surface area contributed by atoms with E-state index in [9.17, 15) is 24.0 Å². The smallest absolute Gasteiger partial charge is 0.328 e. The molecule has 230 valence electrons. The number of esters is 1. The third kappa shape index (κ3) is 4.72. The lowest BCUT2D eigenvalue weighted by molar-refractivity contribution is -0.158. The number of amides is 5. The molecule has 1 aromatic carbocycles. The van der Waals surface area contributed by atoms with E-state index in [1.165, 1.54) is 18.1 Å². The number of pyridine rings is 1. The van der Waals surface area contributed by atoms with E-state index in [0.717, 1.165) is 10.5 Å². The first-order valence-electron chi connectivity index (χ1n) is 14.3. The molecule has 13 nitrogen and oxygen atoms in total. The lowest BCUT2D eigenvalue weighted by atomic mass is 9.95. The Morgan fingerprint density at radius 3 is 2.59 bits per heavy atom. The van der Waals surface area contributed by atoms with E-state index in [2.05, 4.69) is 10.3 Å². The van der Waals surface area contributed by atoms with Crippen LogP contribution in [-0.2, 0) is 31.2 Å². The summed E-state index contributed by atoms with van der Waals surface area (Å²) < 4.78 is 16.7. The van der Waals surface area contributed by atoms with Crippen molar-refractivity contribution in [2.24, 2.45) is 5.41 Å². The summed E-state index contributed by atoms with van der Waals surface area (Å²) in [5, 5.41) is 2.73. The van der Waals surface area contributed by atoms with Crippen LogP contribution >= 0.6 is 0 Å². The Bertz CT molecular complexity index is 1730. The molecule has 5 amide bonds. The number of nitrogens with one attached hydrogen (secondary N) is 1. The largest absolute Gasteiger partial charge is 0.497 e. The van der Waals surface area contributed by atoms with E-state index < -0.39 is 35.6 Å². The van der Waals surface area contributed by atoms with Gasteiger partial charge in [0, 0.05) is 30.6 Å². The van der Waals surface area contributed by atoms with Crippen molar-refractivity contribution in [1.29, 1.82) is 0 Å². The van der Waals surface area contributed by atoms with Gasteiger partial charge < -0.3 is 24.1 Å². The van der Waals surface area contributed by atoms with Gasteiger partial charge in [0.1, 0.15) is 22.8 Å². The summed E-state index contributed by atoms with van der Waals surface area (Å²) in [6.45, 7) is 6.20. The van der Waals surface area contributed by atoms with Crippen LogP contribution in [0.3, 0.4) is 0 Å². The van der Waals surface area contributed by atoms with E-state index in [1.807, 2.05) is 6.92 Å². The van der Waals surface area contributed by atoms with Crippen LogP contribution in [0.4, 0.5) is 10.6 Å². The Labute approximate surface area is 253 Å². The highest BCUT2D eigenvalue weighted by Crippen LogP contribution is 2.38. The summed E-state index contributed by atoms with van der Waals surface area (Å²) in [6.07, 6.45) is 1.14. The van der Waals surface area contributed by atoms with Crippen molar-refractivity contribution in [3.8, 4) is 5.75 Å². The van der Waals surface area contributed by atoms with Gasteiger partial charge in [0.2, 0.25) is 5.91 Å². The zero-order valence-corrected chi connectivity index (χ0v) is 25.1. The Morgan fingerprint density at radius 1 is 1.14 bits per heavy atom. The molecule has 3 aliphatic rings. The van der Waals surface area contributed by atoms with Crippen LogP contribution in [-0.4, -0.2) is 70.9 Å². The van der Waals surface area contributed by atoms with Gasteiger partial charge in [0.15, 0.2) is 17.9 Å². The molecule has 3 aromatic rings. The fraction of sp³-hybridized carbons (Fsp3) is 0.419. The normalized spacial score (nSPS) is 21.8. The van der Waals surface area contributed by atoms with E-state index >= 15 is 0 Å². The average molecular weight is 604 g/mol. The number of hydrogen-bond donors (Lipinski definition) is 1.